The quantitative estimate of drug-likeness (QED) is 0.741. The van der Waals surface area contributed by atoms with Crippen LogP contribution in [0.4, 0.5) is 11.4 Å². The van der Waals surface area contributed by atoms with E-state index in [0.29, 0.717) is 0 Å². The Morgan fingerprint density at radius 1 is 0.875 bits per heavy atom. The SMILES string of the molecule is Cl.c1ccc2c(c1)Sc1ccccc1N2CC1CN2CCC1CC2. The molecule has 1 unspecified atom stereocenters. The van der Waals surface area contributed by atoms with Crippen LogP contribution in [0.25, 0.3) is 0 Å². The Morgan fingerprint density at radius 2 is 1.46 bits per heavy atom. The van der Waals surface area contributed by atoms with Gasteiger partial charge in [0.1, 0.15) is 0 Å². The van der Waals surface area contributed by atoms with Crippen molar-refractivity contribution in [3.05, 3.63) is 48.5 Å². The van der Waals surface area contributed by atoms with Gasteiger partial charge in [0, 0.05) is 22.9 Å². The standard InChI is InChI=1S/C20H22N2S.ClH/c1-3-7-19-17(5-1)22(18-6-2-4-8-20(18)23-19)14-16-13-21-11-9-15(16)10-12-21;/h1-8,15-16H,9-14H2;1H. The highest BCUT2D eigenvalue weighted by atomic mass is 35.5. The molecule has 1 atom stereocenters. The zero-order valence-electron chi connectivity index (χ0n) is 13.7. The first-order valence-electron chi connectivity index (χ1n) is 8.74. The van der Waals surface area contributed by atoms with E-state index >= 15 is 0 Å². The van der Waals surface area contributed by atoms with Crippen molar-refractivity contribution < 1.29 is 0 Å². The first-order valence-corrected chi connectivity index (χ1v) is 9.56. The van der Waals surface area contributed by atoms with Crippen molar-refractivity contribution in [1.29, 1.82) is 0 Å². The number of fused-ring (bicyclic) bond motifs is 5. The summed E-state index contributed by atoms with van der Waals surface area (Å²) in [5.74, 6) is 1.73. The molecule has 3 fully saturated rings. The average molecular weight is 359 g/mol. The maximum Gasteiger partial charge on any atom is 0.0552 e. The van der Waals surface area contributed by atoms with Crippen LogP contribution < -0.4 is 4.90 Å². The van der Waals surface area contributed by atoms with Crippen LogP contribution in [0.1, 0.15) is 12.8 Å². The molecule has 0 spiro atoms. The molecule has 126 valence electrons. The number of para-hydroxylation sites is 2. The zero-order valence-corrected chi connectivity index (χ0v) is 15.4. The van der Waals surface area contributed by atoms with E-state index in [-0.39, 0.29) is 12.4 Å². The summed E-state index contributed by atoms with van der Waals surface area (Å²) in [6.07, 6.45) is 2.80. The Balaban J connectivity index is 0.00000146. The molecule has 2 aromatic carbocycles. The molecule has 0 radical (unpaired) electrons. The highest BCUT2D eigenvalue weighted by Crippen LogP contribution is 2.48. The van der Waals surface area contributed by atoms with E-state index in [9.17, 15) is 0 Å². The predicted molar refractivity (Wildman–Crippen MR) is 104 cm³/mol. The van der Waals surface area contributed by atoms with Gasteiger partial charge in [-0.25, -0.2) is 0 Å². The monoisotopic (exact) mass is 358 g/mol. The Hall–Kier alpha value is -1.16. The molecule has 4 heterocycles. The number of halogens is 1. The lowest BCUT2D eigenvalue weighted by Crippen LogP contribution is -2.50. The maximum atomic E-state index is 2.67. The zero-order chi connectivity index (χ0) is 15.2. The van der Waals surface area contributed by atoms with E-state index < -0.39 is 0 Å². The number of rotatable bonds is 2. The minimum absolute atomic E-state index is 0. The fourth-order valence-electron chi connectivity index (χ4n) is 4.51. The summed E-state index contributed by atoms with van der Waals surface area (Å²) in [7, 11) is 0. The van der Waals surface area contributed by atoms with E-state index in [0.717, 1.165) is 18.4 Å². The summed E-state index contributed by atoms with van der Waals surface area (Å²) >= 11 is 1.91. The van der Waals surface area contributed by atoms with Crippen molar-refractivity contribution in [3.8, 4) is 0 Å². The lowest BCUT2D eigenvalue weighted by molar-refractivity contribution is 0.0553. The van der Waals surface area contributed by atoms with Crippen LogP contribution in [-0.2, 0) is 0 Å². The highest BCUT2D eigenvalue weighted by molar-refractivity contribution is 7.99. The van der Waals surface area contributed by atoms with E-state index in [1.165, 1.54) is 53.6 Å². The minimum Gasteiger partial charge on any atom is -0.339 e. The number of hydrogen-bond donors (Lipinski definition) is 0. The van der Waals surface area contributed by atoms with Crippen molar-refractivity contribution >= 4 is 35.5 Å². The summed E-state index contributed by atoms with van der Waals surface area (Å²) in [6, 6.07) is 17.8. The smallest absolute Gasteiger partial charge is 0.0552 e. The van der Waals surface area contributed by atoms with E-state index in [2.05, 4.69) is 58.3 Å². The first-order chi connectivity index (χ1) is 11.4. The van der Waals surface area contributed by atoms with E-state index in [1.807, 2.05) is 11.8 Å². The van der Waals surface area contributed by atoms with Crippen LogP contribution in [-0.4, -0.2) is 31.1 Å². The summed E-state index contributed by atoms with van der Waals surface area (Å²) in [5.41, 5.74) is 2.79. The average Bonchev–Trinajstić information content (AvgIpc) is 2.62. The third-order valence-corrected chi connectivity index (χ3v) is 6.87. The van der Waals surface area contributed by atoms with Gasteiger partial charge in [-0.3, -0.25) is 0 Å². The molecule has 4 aliphatic rings. The van der Waals surface area contributed by atoms with Gasteiger partial charge in [0.25, 0.3) is 0 Å². The second-order valence-electron chi connectivity index (χ2n) is 7.05. The number of nitrogens with zero attached hydrogens (tertiary/aromatic N) is 2. The Bertz CT molecular complexity index is 682. The van der Waals surface area contributed by atoms with Crippen molar-refractivity contribution in [3.63, 3.8) is 0 Å². The molecule has 4 heteroatoms. The van der Waals surface area contributed by atoms with Gasteiger partial charge in [0.05, 0.1) is 11.4 Å². The van der Waals surface area contributed by atoms with Crippen molar-refractivity contribution in [2.45, 2.75) is 22.6 Å². The van der Waals surface area contributed by atoms with Gasteiger partial charge in [-0.2, -0.15) is 0 Å². The predicted octanol–water partition coefficient (Wildman–Crippen LogP) is 5.05. The van der Waals surface area contributed by atoms with Gasteiger partial charge >= 0.3 is 0 Å². The normalized spacial score (nSPS) is 27.2. The molecule has 24 heavy (non-hydrogen) atoms. The molecule has 2 bridgehead atoms. The van der Waals surface area contributed by atoms with Crippen molar-refractivity contribution in [1.82, 2.24) is 4.90 Å². The van der Waals surface area contributed by atoms with Crippen LogP contribution in [0.5, 0.6) is 0 Å². The number of anilines is 2. The summed E-state index contributed by atoms with van der Waals surface area (Å²) in [5, 5.41) is 0. The van der Waals surface area contributed by atoms with Gasteiger partial charge < -0.3 is 9.80 Å². The lowest BCUT2D eigenvalue weighted by Gasteiger charge is -2.47. The molecule has 2 aromatic rings. The summed E-state index contributed by atoms with van der Waals surface area (Å²) in [6.45, 7) is 5.10. The number of hydrogen-bond acceptors (Lipinski definition) is 3. The molecular weight excluding hydrogens is 336 g/mol. The van der Waals surface area contributed by atoms with Crippen LogP contribution in [0, 0.1) is 11.8 Å². The Kier molecular flexibility index (Phi) is 4.50. The van der Waals surface area contributed by atoms with Crippen molar-refractivity contribution in [2.75, 3.05) is 31.1 Å². The molecule has 0 aliphatic carbocycles. The molecule has 0 saturated carbocycles. The molecular formula is C20H23ClN2S. The molecule has 0 aromatic heterocycles. The van der Waals surface area contributed by atoms with Gasteiger partial charge in [-0.15, -0.1) is 12.4 Å². The molecule has 6 rings (SSSR count). The summed E-state index contributed by atoms with van der Waals surface area (Å²) in [4.78, 5) is 8.05. The van der Waals surface area contributed by atoms with E-state index in [1.54, 1.807) is 0 Å². The topological polar surface area (TPSA) is 6.48 Å². The molecule has 0 N–H and O–H groups in total. The minimum atomic E-state index is 0. The van der Waals surface area contributed by atoms with Gasteiger partial charge in [-0.1, -0.05) is 36.0 Å². The molecule has 3 saturated heterocycles. The summed E-state index contributed by atoms with van der Waals surface area (Å²) < 4.78 is 0. The van der Waals surface area contributed by atoms with Crippen LogP contribution in [0.15, 0.2) is 58.3 Å². The molecule has 4 aliphatic heterocycles. The second kappa shape index (κ2) is 6.62. The lowest BCUT2D eigenvalue weighted by atomic mass is 9.78. The first kappa shape index (κ1) is 16.3. The number of piperidine rings is 3. The third-order valence-electron chi connectivity index (χ3n) is 5.74. The van der Waals surface area contributed by atoms with Gasteiger partial charge in [0.2, 0.25) is 0 Å². The Labute approximate surface area is 154 Å². The molecule has 0 amide bonds. The van der Waals surface area contributed by atoms with E-state index in [4.69, 9.17) is 0 Å². The van der Waals surface area contributed by atoms with Crippen molar-refractivity contribution in [2.24, 2.45) is 11.8 Å². The molecule has 2 nitrogen and oxygen atoms in total. The van der Waals surface area contributed by atoms with Crippen LogP contribution in [0.3, 0.4) is 0 Å². The van der Waals surface area contributed by atoms with Crippen LogP contribution >= 0.6 is 24.2 Å². The second-order valence-corrected chi connectivity index (χ2v) is 8.13. The van der Waals surface area contributed by atoms with Gasteiger partial charge in [0.15, 0.2) is 0 Å². The number of benzene rings is 2. The Morgan fingerprint density at radius 3 is 2.00 bits per heavy atom. The fourth-order valence-corrected chi connectivity index (χ4v) is 5.60. The largest absolute Gasteiger partial charge is 0.339 e. The van der Waals surface area contributed by atoms with Gasteiger partial charge in [-0.05, 0) is 62.0 Å². The third kappa shape index (κ3) is 2.73. The van der Waals surface area contributed by atoms with Crippen LogP contribution in [0.2, 0.25) is 0 Å². The highest BCUT2D eigenvalue weighted by Gasteiger charge is 2.36. The fraction of sp³-hybridized carbons (Fsp3) is 0.400. The maximum absolute atomic E-state index is 2.67.